The summed E-state index contributed by atoms with van der Waals surface area (Å²) in [4.78, 5) is 2.18. The summed E-state index contributed by atoms with van der Waals surface area (Å²) in [6.07, 6.45) is -0.469. The maximum absolute atomic E-state index is 12.6. The second-order valence-corrected chi connectivity index (χ2v) is 9.12. The third-order valence-corrected chi connectivity index (χ3v) is 6.67. The molecule has 3 N–H and O–H groups in total. The fraction of sp³-hybridized carbons (Fsp3) is 0.286. The number of nitrogens with zero attached hydrogens (tertiary/aromatic N) is 1. The number of aromatic hydroxyl groups is 3. The number of phenolic OH excluding ortho intramolecular Hbond substituents is 3. The first kappa shape index (κ1) is 23.1. The van der Waals surface area contributed by atoms with Crippen LogP contribution in [0.1, 0.15) is 29.7 Å². The number of fused-ring (bicyclic) bond motifs is 1. The molecule has 35 heavy (non-hydrogen) atoms. The Morgan fingerprint density at radius 3 is 2.46 bits per heavy atom. The van der Waals surface area contributed by atoms with Crippen molar-refractivity contribution in [3.63, 3.8) is 0 Å². The van der Waals surface area contributed by atoms with Crippen molar-refractivity contribution in [2.24, 2.45) is 5.92 Å². The van der Waals surface area contributed by atoms with E-state index in [4.69, 9.17) is 9.47 Å². The third-order valence-electron chi connectivity index (χ3n) is 6.67. The van der Waals surface area contributed by atoms with E-state index < -0.39 is 6.10 Å². The smallest absolute Gasteiger partial charge is 0.158 e. The molecule has 0 saturated carbocycles. The summed E-state index contributed by atoms with van der Waals surface area (Å²) in [5.41, 5.74) is 4.10. The van der Waals surface area contributed by atoms with Crippen LogP contribution in [0.2, 0.25) is 0 Å². The predicted octanol–water partition coefficient (Wildman–Crippen LogP) is 5.15. The maximum atomic E-state index is 12.6. The minimum atomic E-state index is -0.469. The number of hydrogen-bond acceptors (Lipinski definition) is 6. The molecule has 2 aliphatic rings. The van der Waals surface area contributed by atoms with Gasteiger partial charge in [0.15, 0.2) is 11.5 Å². The Bertz CT molecular complexity index is 1250. The standard InChI is InChI=1S/C28H28FNO5/c1-17-23-13-21(31)5-9-26(23)35-28(27(17)20-4-8-24(32)25(33)12-20)19-2-6-22(7-3-19)34-11-10-30-15-18(14-29)16-30/h2-9,12-13,18,28,31-33H,10-11,14-16H2,1H3/t28-/m1/s1. The molecule has 2 aliphatic heterocycles. The molecule has 0 bridgehead atoms. The van der Waals surface area contributed by atoms with Gasteiger partial charge < -0.3 is 24.8 Å². The van der Waals surface area contributed by atoms with E-state index in [9.17, 15) is 19.7 Å². The molecule has 3 aromatic rings. The number of alkyl halides is 1. The van der Waals surface area contributed by atoms with Crippen molar-refractivity contribution in [2.75, 3.05) is 32.9 Å². The minimum Gasteiger partial charge on any atom is -0.508 e. The van der Waals surface area contributed by atoms with Crippen LogP contribution in [0.5, 0.6) is 28.7 Å². The van der Waals surface area contributed by atoms with E-state index in [1.807, 2.05) is 31.2 Å². The van der Waals surface area contributed by atoms with Gasteiger partial charge in [0.05, 0.1) is 6.67 Å². The van der Waals surface area contributed by atoms with Crippen molar-refractivity contribution in [1.82, 2.24) is 4.90 Å². The average molecular weight is 478 g/mol. The lowest BCUT2D eigenvalue weighted by Crippen LogP contribution is -2.49. The lowest BCUT2D eigenvalue weighted by molar-refractivity contribution is 0.0668. The van der Waals surface area contributed by atoms with Crippen LogP contribution in [0.3, 0.4) is 0 Å². The first-order valence-electron chi connectivity index (χ1n) is 11.7. The van der Waals surface area contributed by atoms with Crippen LogP contribution >= 0.6 is 0 Å². The predicted molar refractivity (Wildman–Crippen MR) is 132 cm³/mol. The number of halogens is 1. The van der Waals surface area contributed by atoms with Crippen molar-refractivity contribution in [2.45, 2.75) is 13.0 Å². The maximum Gasteiger partial charge on any atom is 0.158 e. The molecule has 5 rings (SSSR count). The zero-order valence-corrected chi connectivity index (χ0v) is 19.4. The van der Waals surface area contributed by atoms with Crippen LogP contribution < -0.4 is 9.47 Å². The zero-order chi connectivity index (χ0) is 24.5. The highest BCUT2D eigenvalue weighted by molar-refractivity contribution is 5.96. The average Bonchev–Trinajstić information content (AvgIpc) is 2.83. The van der Waals surface area contributed by atoms with Gasteiger partial charge in [0.1, 0.15) is 30.0 Å². The highest BCUT2D eigenvalue weighted by Crippen LogP contribution is 2.48. The number of likely N-dealkylation sites (tertiary alicyclic amines) is 1. The lowest BCUT2D eigenvalue weighted by Gasteiger charge is -2.37. The quantitative estimate of drug-likeness (QED) is 0.409. The molecular formula is C28H28FNO5. The Kier molecular flexibility index (Phi) is 6.26. The molecule has 2 heterocycles. The number of ether oxygens (including phenoxy) is 2. The van der Waals surface area contributed by atoms with Gasteiger partial charge >= 0.3 is 0 Å². The molecule has 1 saturated heterocycles. The summed E-state index contributed by atoms with van der Waals surface area (Å²) in [6.45, 7) is 4.58. The van der Waals surface area contributed by atoms with Gasteiger partial charge in [-0.1, -0.05) is 18.2 Å². The van der Waals surface area contributed by atoms with Gasteiger partial charge in [0.2, 0.25) is 0 Å². The van der Waals surface area contributed by atoms with E-state index in [0.29, 0.717) is 17.9 Å². The summed E-state index contributed by atoms with van der Waals surface area (Å²) in [5.74, 6) is 1.28. The lowest BCUT2D eigenvalue weighted by atomic mass is 9.86. The first-order chi connectivity index (χ1) is 16.9. The van der Waals surface area contributed by atoms with Gasteiger partial charge in [-0.15, -0.1) is 0 Å². The monoisotopic (exact) mass is 477 g/mol. The topological polar surface area (TPSA) is 82.4 Å². The zero-order valence-electron chi connectivity index (χ0n) is 19.4. The Morgan fingerprint density at radius 1 is 0.971 bits per heavy atom. The van der Waals surface area contributed by atoms with Gasteiger partial charge in [0.25, 0.3) is 0 Å². The van der Waals surface area contributed by atoms with E-state index in [0.717, 1.165) is 47.7 Å². The number of benzene rings is 3. The van der Waals surface area contributed by atoms with E-state index in [1.165, 1.54) is 12.1 Å². The molecule has 0 radical (unpaired) electrons. The second-order valence-electron chi connectivity index (χ2n) is 9.12. The molecule has 0 unspecified atom stereocenters. The minimum absolute atomic E-state index is 0.137. The molecule has 0 aliphatic carbocycles. The van der Waals surface area contributed by atoms with Gasteiger partial charge in [-0.05, 0) is 66.1 Å². The molecule has 0 spiro atoms. The summed E-state index contributed by atoms with van der Waals surface area (Å²) in [5, 5.41) is 30.0. The molecule has 182 valence electrons. The molecule has 6 nitrogen and oxygen atoms in total. The Balaban J connectivity index is 1.40. The SMILES string of the molecule is CC1=C(c2ccc(O)c(O)c2)[C@@H](c2ccc(OCCN3CC(CF)C3)cc2)Oc2ccc(O)cc21. The number of hydrogen-bond donors (Lipinski definition) is 3. The molecule has 0 amide bonds. The van der Waals surface area contributed by atoms with Gasteiger partial charge in [-0.25, -0.2) is 0 Å². The fourth-order valence-electron chi connectivity index (χ4n) is 4.72. The van der Waals surface area contributed by atoms with E-state index in [-0.39, 0.29) is 29.8 Å². The van der Waals surface area contributed by atoms with Crippen molar-refractivity contribution in [1.29, 1.82) is 0 Å². The summed E-state index contributed by atoms with van der Waals surface area (Å²) in [7, 11) is 0. The van der Waals surface area contributed by atoms with Gasteiger partial charge in [0, 0.05) is 36.7 Å². The molecule has 1 fully saturated rings. The number of allylic oxidation sites excluding steroid dienone is 1. The molecule has 1 atom stereocenters. The highest BCUT2D eigenvalue weighted by atomic mass is 19.1. The van der Waals surface area contributed by atoms with Crippen LogP contribution in [0.15, 0.2) is 60.7 Å². The second kappa shape index (κ2) is 9.50. The van der Waals surface area contributed by atoms with Gasteiger partial charge in [-0.3, -0.25) is 9.29 Å². The van der Waals surface area contributed by atoms with Crippen LogP contribution in [0.4, 0.5) is 4.39 Å². The van der Waals surface area contributed by atoms with Crippen LogP contribution in [-0.4, -0.2) is 53.1 Å². The Morgan fingerprint density at radius 2 is 1.74 bits per heavy atom. The molecular weight excluding hydrogens is 449 g/mol. The third kappa shape index (κ3) is 4.64. The largest absolute Gasteiger partial charge is 0.508 e. The highest BCUT2D eigenvalue weighted by Gasteiger charge is 2.30. The first-order valence-corrected chi connectivity index (χ1v) is 11.7. The molecule has 0 aromatic heterocycles. The van der Waals surface area contributed by atoms with Crippen LogP contribution in [0, 0.1) is 5.92 Å². The van der Waals surface area contributed by atoms with Crippen molar-refractivity contribution >= 4 is 11.1 Å². The summed E-state index contributed by atoms with van der Waals surface area (Å²) >= 11 is 0. The van der Waals surface area contributed by atoms with Gasteiger partial charge in [-0.2, -0.15) is 0 Å². The number of rotatable bonds is 7. The number of phenols is 3. The molecule has 3 aromatic carbocycles. The van der Waals surface area contributed by atoms with Crippen molar-refractivity contribution in [3.8, 4) is 28.7 Å². The van der Waals surface area contributed by atoms with E-state index in [2.05, 4.69) is 4.90 Å². The van der Waals surface area contributed by atoms with E-state index in [1.54, 1.807) is 24.3 Å². The Labute approximate surface area is 203 Å². The summed E-state index contributed by atoms with van der Waals surface area (Å²) in [6, 6.07) is 17.4. The summed E-state index contributed by atoms with van der Waals surface area (Å²) < 4.78 is 24.8. The normalized spacial score (nSPS) is 18.1. The van der Waals surface area contributed by atoms with Crippen LogP contribution in [-0.2, 0) is 0 Å². The Hall–Kier alpha value is -3.71. The van der Waals surface area contributed by atoms with Crippen molar-refractivity contribution in [3.05, 3.63) is 77.4 Å². The van der Waals surface area contributed by atoms with Crippen LogP contribution in [0.25, 0.3) is 11.1 Å². The fourth-order valence-corrected chi connectivity index (χ4v) is 4.72. The van der Waals surface area contributed by atoms with E-state index >= 15 is 0 Å². The van der Waals surface area contributed by atoms with Crippen molar-refractivity contribution < 1.29 is 29.2 Å². The molecule has 7 heteroatoms.